The number of sulfonamides is 1. The molecule has 0 atom stereocenters. The minimum atomic E-state index is -3.82. The normalized spacial score (nSPS) is 11.2. The molecule has 1 heterocycles. The van der Waals surface area contributed by atoms with E-state index in [1.54, 1.807) is 18.3 Å². The summed E-state index contributed by atoms with van der Waals surface area (Å²) in [6, 6.07) is 16.2. The highest BCUT2D eigenvalue weighted by Gasteiger charge is 2.15. The molecular weight excluding hydrogens is 365 g/mol. The summed E-state index contributed by atoms with van der Waals surface area (Å²) in [6.45, 7) is 4.81. The summed E-state index contributed by atoms with van der Waals surface area (Å²) < 4.78 is 40.1. The highest BCUT2D eigenvalue weighted by atomic mass is 32.2. The Morgan fingerprint density at radius 3 is 2.37 bits per heavy atom. The molecule has 0 bridgehead atoms. The van der Waals surface area contributed by atoms with E-state index in [4.69, 9.17) is 0 Å². The van der Waals surface area contributed by atoms with Crippen LogP contribution in [0.4, 0.5) is 21.6 Å². The maximum atomic E-state index is 13.0. The van der Waals surface area contributed by atoms with E-state index in [-0.39, 0.29) is 10.7 Å². The Bertz CT molecular complexity index is 1020. The van der Waals surface area contributed by atoms with E-state index < -0.39 is 15.8 Å². The van der Waals surface area contributed by atoms with E-state index in [1.165, 1.54) is 12.1 Å². The van der Waals surface area contributed by atoms with Gasteiger partial charge in [-0.3, -0.25) is 4.72 Å². The first-order valence-electron chi connectivity index (χ1n) is 8.48. The molecule has 0 aliphatic rings. The molecule has 2 aromatic carbocycles. The molecule has 0 amide bonds. The van der Waals surface area contributed by atoms with Gasteiger partial charge in [-0.25, -0.2) is 17.8 Å². The van der Waals surface area contributed by atoms with Crippen molar-refractivity contribution >= 4 is 27.2 Å². The minimum Gasteiger partial charge on any atom is -0.341 e. The van der Waals surface area contributed by atoms with Crippen LogP contribution in [-0.4, -0.2) is 19.9 Å². The van der Waals surface area contributed by atoms with E-state index in [1.807, 2.05) is 32.0 Å². The standard InChI is InChI=1S/C20H20FN3O2S/c1-3-24(17-6-4-5-15(2)13-17)18-9-12-20(22-14-18)23-27(25,26)19-10-7-16(21)8-11-19/h4-14H,3H2,1-2H3,(H,22,23). The third-order valence-corrected chi connectivity index (χ3v) is 5.42. The average molecular weight is 385 g/mol. The van der Waals surface area contributed by atoms with Crippen LogP contribution in [0.3, 0.4) is 0 Å². The number of anilines is 3. The van der Waals surface area contributed by atoms with Crippen LogP contribution in [0, 0.1) is 12.7 Å². The average Bonchev–Trinajstić information content (AvgIpc) is 2.64. The molecule has 0 fully saturated rings. The van der Waals surface area contributed by atoms with Gasteiger partial charge in [-0.2, -0.15) is 0 Å². The van der Waals surface area contributed by atoms with Crippen molar-refractivity contribution in [2.75, 3.05) is 16.2 Å². The van der Waals surface area contributed by atoms with Gasteiger partial charge in [0.2, 0.25) is 0 Å². The van der Waals surface area contributed by atoms with Crippen molar-refractivity contribution in [3.63, 3.8) is 0 Å². The lowest BCUT2D eigenvalue weighted by molar-refractivity contribution is 0.599. The Morgan fingerprint density at radius 2 is 1.78 bits per heavy atom. The lowest BCUT2D eigenvalue weighted by atomic mass is 10.2. The molecule has 3 aromatic rings. The number of aromatic nitrogens is 1. The topological polar surface area (TPSA) is 62.3 Å². The van der Waals surface area contributed by atoms with Crippen LogP contribution in [0.5, 0.6) is 0 Å². The summed E-state index contributed by atoms with van der Waals surface area (Å²) in [5.74, 6) is -0.296. The smallest absolute Gasteiger partial charge is 0.263 e. The first-order chi connectivity index (χ1) is 12.9. The molecule has 140 valence electrons. The van der Waals surface area contributed by atoms with Crippen molar-refractivity contribution in [2.24, 2.45) is 0 Å². The Labute approximate surface area is 158 Å². The van der Waals surface area contributed by atoms with Gasteiger partial charge in [-0.15, -0.1) is 0 Å². The maximum absolute atomic E-state index is 13.0. The van der Waals surface area contributed by atoms with Crippen LogP contribution < -0.4 is 9.62 Å². The van der Waals surface area contributed by atoms with Crippen molar-refractivity contribution in [1.82, 2.24) is 4.98 Å². The first kappa shape index (κ1) is 18.8. The second-order valence-corrected chi connectivity index (χ2v) is 7.73. The van der Waals surface area contributed by atoms with Gasteiger partial charge in [0.05, 0.1) is 16.8 Å². The fourth-order valence-electron chi connectivity index (χ4n) is 2.73. The van der Waals surface area contributed by atoms with Gasteiger partial charge in [0.25, 0.3) is 10.0 Å². The molecule has 3 rings (SSSR count). The second-order valence-electron chi connectivity index (χ2n) is 6.04. The summed E-state index contributed by atoms with van der Waals surface area (Å²) in [4.78, 5) is 6.28. The molecule has 0 saturated carbocycles. The maximum Gasteiger partial charge on any atom is 0.263 e. The first-order valence-corrected chi connectivity index (χ1v) is 9.96. The Hall–Kier alpha value is -2.93. The zero-order valence-electron chi connectivity index (χ0n) is 15.1. The number of aryl methyl sites for hydroxylation is 1. The van der Waals surface area contributed by atoms with Crippen LogP contribution in [0.15, 0.2) is 71.8 Å². The molecular formula is C20H20FN3O2S. The molecule has 1 N–H and O–H groups in total. The van der Waals surface area contributed by atoms with Gasteiger partial charge in [-0.05, 0) is 67.9 Å². The van der Waals surface area contributed by atoms with Crippen LogP contribution in [0.25, 0.3) is 0 Å². The highest BCUT2D eigenvalue weighted by Crippen LogP contribution is 2.26. The lowest BCUT2D eigenvalue weighted by Crippen LogP contribution is -2.17. The lowest BCUT2D eigenvalue weighted by Gasteiger charge is -2.23. The predicted molar refractivity (Wildman–Crippen MR) is 105 cm³/mol. The van der Waals surface area contributed by atoms with Crippen LogP contribution in [0.2, 0.25) is 0 Å². The molecule has 0 aliphatic heterocycles. The molecule has 1 aromatic heterocycles. The fourth-order valence-corrected chi connectivity index (χ4v) is 3.73. The van der Waals surface area contributed by atoms with E-state index in [2.05, 4.69) is 20.7 Å². The minimum absolute atomic E-state index is 0.0234. The monoisotopic (exact) mass is 385 g/mol. The number of nitrogens with one attached hydrogen (secondary N) is 1. The van der Waals surface area contributed by atoms with Crippen molar-refractivity contribution in [3.05, 3.63) is 78.2 Å². The molecule has 5 nitrogen and oxygen atoms in total. The largest absolute Gasteiger partial charge is 0.341 e. The molecule has 27 heavy (non-hydrogen) atoms. The Balaban J connectivity index is 1.81. The van der Waals surface area contributed by atoms with Crippen LogP contribution in [-0.2, 0) is 10.0 Å². The molecule has 0 saturated heterocycles. The third-order valence-electron chi connectivity index (χ3n) is 4.05. The number of halogens is 1. The number of nitrogens with zero attached hydrogens (tertiary/aromatic N) is 2. The van der Waals surface area contributed by atoms with E-state index in [0.29, 0.717) is 0 Å². The van der Waals surface area contributed by atoms with E-state index >= 15 is 0 Å². The predicted octanol–water partition coefficient (Wildman–Crippen LogP) is 4.49. The van der Waals surface area contributed by atoms with Crippen LogP contribution >= 0.6 is 0 Å². The van der Waals surface area contributed by atoms with Gasteiger partial charge in [0.15, 0.2) is 0 Å². The molecule has 0 aliphatic carbocycles. The molecule has 0 unspecified atom stereocenters. The molecule has 0 radical (unpaired) electrons. The summed E-state index contributed by atoms with van der Waals surface area (Å²) in [5, 5.41) is 0. The fraction of sp³-hybridized carbons (Fsp3) is 0.150. The van der Waals surface area contributed by atoms with Crippen molar-refractivity contribution in [1.29, 1.82) is 0 Å². The van der Waals surface area contributed by atoms with Gasteiger partial charge in [-0.1, -0.05) is 12.1 Å². The van der Waals surface area contributed by atoms with Gasteiger partial charge in [0, 0.05) is 12.2 Å². The zero-order chi connectivity index (χ0) is 19.4. The Kier molecular flexibility index (Phi) is 5.41. The zero-order valence-corrected chi connectivity index (χ0v) is 15.9. The van der Waals surface area contributed by atoms with Gasteiger partial charge >= 0.3 is 0 Å². The number of benzene rings is 2. The number of hydrogen-bond donors (Lipinski definition) is 1. The van der Waals surface area contributed by atoms with Gasteiger partial charge < -0.3 is 4.90 Å². The SMILES string of the molecule is CCN(c1ccc(NS(=O)(=O)c2ccc(F)cc2)nc1)c1cccc(C)c1. The van der Waals surface area contributed by atoms with Crippen molar-refractivity contribution in [3.8, 4) is 0 Å². The number of pyridine rings is 1. The molecule has 7 heteroatoms. The molecule has 0 spiro atoms. The summed E-state index contributed by atoms with van der Waals surface area (Å²) >= 11 is 0. The Morgan fingerprint density at radius 1 is 1.04 bits per heavy atom. The summed E-state index contributed by atoms with van der Waals surface area (Å²) in [7, 11) is -3.82. The second kappa shape index (κ2) is 7.75. The summed E-state index contributed by atoms with van der Waals surface area (Å²) in [5.41, 5.74) is 3.05. The summed E-state index contributed by atoms with van der Waals surface area (Å²) in [6.07, 6.45) is 1.62. The van der Waals surface area contributed by atoms with Crippen LogP contribution in [0.1, 0.15) is 12.5 Å². The number of rotatable bonds is 6. The van der Waals surface area contributed by atoms with Gasteiger partial charge in [0.1, 0.15) is 11.6 Å². The quantitative estimate of drug-likeness (QED) is 0.679. The highest BCUT2D eigenvalue weighted by molar-refractivity contribution is 7.92. The van der Waals surface area contributed by atoms with Crippen molar-refractivity contribution in [2.45, 2.75) is 18.7 Å². The third kappa shape index (κ3) is 4.43. The van der Waals surface area contributed by atoms with E-state index in [0.717, 1.165) is 35.6 Å². The number of hydrogen-bond acceptors (Lipinski definition) is 4. The van der Waals surface area contributed by atoms with Crippen molar-refractivity contribution < 1.29 is 12.8 Å². The van der Waals surface area contributed by atoms with E-state index in [9.17, 15) is 12.8 Å².